The second-order valence-electron chi connectivity index (χ2n) is 12.5. The van der Waals surface area contributed by atoms with Gasteiger partial charge in [0, 0.05) is 57.3 Å². The Morgan fingerprint density at radius 1 is 1.05 bits per heavy atom. The van der Waals surface area contributed by atoms with Crippen molar-refractivity contribution in [3.63, 3.8) is 0 Å². The third kappa shape index (κ3) is 8.01. The summed E-state index contributed by atoms with van der Waals surface area (Å²) in [6.45, 7) is 11.2. The van der Waals surface area contributed by atoms with Crippen molar-refractivity contribution >= 4 is 11.6 Å². The predicted octanol–water partition coefficient (Wildman–Crippen LogP) is 4.24. The van der Waals surface area contributed by atoms with Gasteiger partial charge in [0.2, 0.25) is 5.91 Å². The average Bonchev–Trinajstić information content (AvgIpc) is 3.04. The SMILES string of the molecule is COCCCN1CCOc2ccc(CO[C@H]3CN[C@H](CC(C)(C)C(=O)N4CCOCC4)C[C@@H]3c3ccc(OC)cc3)cc21. The van der Waals surface area contributed by atoms with Crippen molar-refractivity contribution in [2.45, 2.75) is 57.8 Å². The molecule has 9 nitrogen and oxygen atoms in total. The Labute approximate surface area is 256 Å². The number of fused-ring (bicyclic) bond motifs is 1. The van der Waals surface area contributed by atoms with E-state index in [1.165, 1.54) is 5.56 Å². The van der Waals surface area contributed by atoms with Crippen molar-refractivity contribution < 1.29 is 28.5 Å². The predicted molar refractivity (Wildman–Crippen MR) is 167 cm³/mol. The minimum Gasteiger partial charge on any atom is -0.497 e. The molecule has 3 atom stereocenters. The van der Waals surface area contributed by atoms with Crippen molar-refractivity contribution in [1.29, 1.82) is 0 Å². The van der Waals surface area contributed by atoms with Crippen molar-refractivity contribution in [3.05, 3.63) is 53.6 Å². The maximum atomic E-state index is 13.4. The fraction of sp³-hybridized carbons (Fsp3) is 0.618. The molecule has 0 aromatic heterocycles. The van der Waals surface area contributed by atoms with Crippen LogP contribution in [-0.2, 0) is 25.6 Å². The van der Waals surface area contributed by atoms with Gasteiger partial charge in [0.15, 0.2) is 0 Å². The Kier molecular flexibility index (Phi) is 10.8. The second kappa shape index (κ2) is 14.8. The molecule has 3 aliphatic heterocycles. The number of piperidine rings is 1. The number of nitrogens with one attached hydrogen (secondary N) is 1. The molecule has 0 aliphatic carbocycles. The van der Waals surface area contributed by atoms with Crippen molar-refractivity contribution in [1.82, 2.24) is 10.2 Å². The number of carbonyl (C=O) groups excluding carboxylic acids is 1. The van der Waals surface area contributed by atoms with Crippen LogP contribution in [0.5, 0.6) is 11.5 Å². The van der Waals surface area contributed by atoms with Crippen LogP contribution >= 0.6 is 0 Å². The van der Waals surface area contributed by atoms with Gasteiger partial charge in [-0.2, -0.15) is 0 Å². The largest absolute Gasteiger partial charge is 0.497 e. The van der Waals surface area contributed by atoms with Crippen LogP contribution in [0, 0.1) is 5.41 Å². The Hall–Kier alpha value is -2.85. The van der Waals surface area contributed by atoms with Crippen molar-refractivity contribution in [2.75, 3.05) is 78.3 Å². The zero-order valence-electron chi connectivity index (χ0n) is 26.3. The van der Waals surface area contributed by atoms with Gasteiger partial charge in [-0.15, -0.1) is 0 Å². The maximum Gasteiger partial charge on any atom is 0.228 e. The summed E-state index contributed by atoms with van der Waals surface area (Å²) in [5, 5.41) is 3.74. The topological polar surface area (TPSA) is 81.7 Å². The van der Waals surface area contributed by atoms with Gasteiger partial charge in [-0.1, -0.05) is 32.0 Å². The quantitative estimate of drug-likeness (QED) is 0.365. The maximum absolute atomic E-state index is 13.4. The third-order valence-electron chi connectivity index (χ3n) is 9.00. The Balaban J connectivity index is 1.27. The van der Waals surface area contributed by atoms with E-state index >= 15 is 0 Å². The molecular weight excluding hydrogens is 546 g/mol. The highest BCUT2D eigenvalue weighted by atomic mass is 16.5. The van der Waals surface area contributed by atoms with E-state index in [-0.39, 0.29) is 24.0 Å². The summed E-state index contributed by atoms with van der Waals surface area (Å²) in [5.74, 6) is 2.18. The van der Waals surface area contributed by atoms with Crippen LogP contribution in [0.25, 0.3) is 0 Å². The summed E-state index contributed by atoms with van der Waals surface area (Å²) in [4.78, 5) is 17.8. The van der Waals surface area contributed by atoms with Gasteiger partial charge in [0.05, 0.1) is 45.3 Å². The van der Waals surface area contributed by atoms with Crippen LogP contribution in [0.15, 0.2) is 42.5 Å². The number of ether oxygens (including phenoxy) is 5. The van der Waals surface area contributed by atoms with Crippen molar-refractivity contribution in [3.8, 4) is 11.5 Å². The number of hydrogen-bond acceptors (Lipinski definition) is 8. The molecular formula is C34H49N3O6. The molecule has 3 heterocycles. The van der Waals surface area contributed by atoms with E-state index in [0.717, 1.165) is 68.3 Å². The van der Waals surface area contributed by atoms with E-state index in [2.05, 4.69) is 54.4 Å². The number of morpholine rings is 1. The van der Waals surface area contributed by atoms with Crippen molar-refractivity contribution in [2.24, 2.45) is 5.41 Å². The molecule has 236 valence electrons. The van der Waals surface area contributed by atoms with Gasteiger partial charge >= 0.3 is 0 Å². The van der Waals surface area contributed by atoms with Crippen LogP contribution in [0.1, 0.15) is 50.2 Å². The number of anilines is 1. The van der Waals surface area contributed by atoms with Gasteiger partial charge in [-0.25, -0.2) is 0 Å². The molecule has 2 aromatic carbocycles. The Morgan fingerprint density at radius 3 is 2.58 bits per heavy atom. The number of hydrogen-bond donors (Lipinski definition) is 1. The lowest BCUT2D eigenvalue weighted by Crippen LogP contribution is -2.52. The van der Waals surface area contributed by atoms with Crippen LogP contribution < -0.4 is 19.7 Å². The molecule has 2 saturated heterocycles. The van der Waals surface area contributed by atoms with E-state index in [4.69, 9.17) is 23.7 Å². The monoisotopic (exact) mass is 595 g/mol. The van der Waals surface area contributed by atoms with Gasteiger partial charge in [-0.05, 0) is 54.7 Å². The number of benzene rings is 2. The average molecular weight is 596 g/mol. The summed E-state index contributed by atoms with van der Waals surface area (Å²) < 4.78 is 28.8. The molecule has 0 bridgehead atoms. The molecule has 1 N–H and O–H groups in total. The van der Waals surface area contributed by atoms with Gasteiger partial charge in [-0.3, -0.25) is 4.79 Å². The summed E-state index contributed by atoms with van der Waals surface area (Å²) >= 11 is 0. The number of amides is 1. The van der Waals surface area contributed by atoms with E-state index in [1.54, 1.807) is 14.2 Å². The first-order chi connectivity index (χ1) is 20.9. The highest BCUT2D eigenvalue weighted by molar-refractivity contribution is 5.82. The third-order valence-corrected chi connectivity index (χ3v) is 9.00. The fourth-order valence-corrected chi connectivity index (χ4v) is 6.64. The zero-order valence-corrected chi connectivity index (χ0v) is 26.3. The summed E-state index contributed by atoms with van der Waals surface area (Å²) in [5.41, 5.74) is 3.03. The number of rotatable bonds is 12. The van der Waals surface area contributed by atoms with Crippen LogP contribution in [0.4, 0.5) is 5.69 Å². The fourth-order valence-electron chi connectivity index (χ4n) is 6.64. The zero-order chi connectivity index (χ0) is 30.2. The standard InChI is InChI=1S/C34H49N3O6/c1-34(2,33(38)37-13-17-41-18-14-37)22-27-21-29(26-7-9-28(40-4)10-8-26)32(23-35-27)43-24-25-6-11-31-30(20-25)36(15-19-42-31)12-5-16-39-3/h6-11,20,27,29,32,35H,5,12-19,21-24H2,1-4H3/t27-,29+,32-/m0/s1. The molecule has 2 aromatic rings. The van der Waals surface area contributed by atoms with E-state index < -0.39 is 5.41 Å². The van der Waals surface area contributed by atoms with Gasteiger partial charge < -0.3 is 38.8 Å². The molecule has 9 heteroatoms. The molecule has 0 spiro atoms. The Bertz CT molecular complexity index is 1180. The lowest BCUT2D eigenvalue weighted by molar-refractivity contribution is -0.145. The lowest BCUT2D eigenvalue weighted by atomic mass is 9.77. The van der Waals surface area contributed by atoms with Crippen LogP contribution in [0.3, 0.4) is 0 Å². The minimum absolute atomic E-state index is 0.00668. The Morgan fingerprint density at radius 2 is 1.84 bits per heavy atom. The summed E-state index contributed by atoms with van der Waals surface area (Å²) in [7, 11) is 3.44. The first kappa shape index (κ1) is 31.6. The number of carbonyl (C=O) groups is 1. The van der Waals surface area contributed by atoms with E-state index in [9.17, 15) is 4.79 Å². The number of methoxy groups -OCH3 is 2. The van der Waals surface area contributed by atoms with E-state index in [1.807, 2.05) is 17.0 Å². The minimum atomic E-state index is -0.465. The molecule has 43 heavy (non-hydrogen) atoms. The van der Waals surface area contributed by atoms with E-state index in [0.29, 0.717) is 39.5 Å². The molecule has 2 fully saturated rings. The molecule has 0 radical (unpaired) electrons. The summed E-state index contributed by atoms with van der Waals surface area (Å²) in [6, 6.07) is 14.9. The highest BCUT2D eigenvalue weighted by Crippen LogP contribution is 2.37. The van der Waals surface area contributed by atoms with Gasteiger partial charge in [0.1, 0.15) is 18.1 Å². The molecule has 1 amide bonds. The summed E-state index contributed by atoms with van der Waals surface area (Å²) in [6.07, 6.45) is 2.63. The van der Waals surface area contributed by atoms with Crippen LogP contribution in [-0.4, -0.2) is 96.3 Å². The molecule has 0 unspecified atom stereocenters. The smallest absolute Gasteiger partial charge is 0.228 e. The normalized spacial score (nSPS) is 22.6. The molecule has 0 saturated carbocycles. The second-order valence-corrected chi connectivity index (χ2v) is 12.5. The van der Waals surface area contributed by atoms with Crippen LogP contribution in [0.2, 0.25) is 0 Å². The highest BCUT2D eigenvalue weighted by Gasteiger charge is 2.39. The first-order valence-electron chi connectivity index (χ1n) is 15.7. The first-order valence-corrected chi connectivity index (χ1v) is 15.7. The number of nitrogens with zero attached hydrogens (tertiary/aromatic N) is 2. The van der Waals surface area contributed by atoms with Gasteiger partial charge in [0.25, 0.3) is 0 Å². The lowest BCUT2D eigenvalue weighted by Gasteiger charge is -2.41. The molecule has 5 rings (SSSR count). The molecule has 3 aliphatic rings.